The van der Waals surface area contributed by atoms with Gasteiger partial charge < -0.3 is 15.2 Å². The molecule has 2 N–H and O–H groups in total. The summed E-state index contributed by atoms with van der Waals surface area (Å²) < 4.78 is 44.2. The number of carbonyl (C=O) groups is 1. The molecule has 0 fully saturated rings. The van der Waals surface area contributed by atoms with Crippen LogP contribution in [0.3, 0.4) is 0 Å². The molecule has 0 bridgehead atoms. The van der Waals surface area contributed by atoms with Crippen molar-refractivity contribution in [2.75, 3.05) is 4.90 Å². The summed E-state index contributed by atoms with van der Waals surface area (Å²) >= 11 is 0. The van der Waals surface area contributed by atoms with Crippen molar-refractivity contribution in [3.63, 3.8) is 0 Å². The predicted molar refractivity (Wildman–Crippen MR) is 103 cm³/mol. The molecule has 1 aliphatic rings. The third kappa shape index (κ3) is 3.74. The number of nitrogens with zero attached hydrogens (tertiary/aromatic N) is 3. The number of para-hydroxylation sites is 1. The summed E-state index contributed by atoms with van der Waals surface area (Å²) in [7, 11) is 0. The summed E-state index contributed by atoms with van der Waals surface area (Å²) in [6, 6.07) is 12.2. The van der Waals surface area contributed by atoms with Crippen LogP contribution in [0.5, 0.6) is 0 Å². The second-order valence-electron chi connectivity index (χ2n) is 7.32. The molecule has 0 radical (unpaired) electrons. The molecule has 2 unspecified atom stereocenters. The van der Waals surface area contributed by atoms with Crippen molar-refractivity contribution in [1.82, 2.24) is 10.1 Å². The summed E-state index contributed by atoms with van der Waals surface area (Å²) in [6.07, 6.45) is -3.91. The van der Waals surface area contributed by atoms with Crippen LogP contribution in [-0.2, 0) is 17.5 Å². The van der Waals surface area contributed by atoms with Gasteiger partial charge in [-0.3, -0.25) is 4.79 Å². The average molecular weight is 416 g/mol. The topological polar surface area (TPSA) is 85.3 Å². The molecular formula is C21H19F3N4O2. The van der Waals surface area contributed by atoms with Crippen LogP contribution < -0.4 is 10.6 Å². The molecule has 9 heteroatoms. The Labute approximate surface area is 170 Å². The molecule has 2 aromatic carbocycles. The van der Waals surface area contributed by atoms with E-state index in [2.05, 4.69) is 10.1 Å². The Hall–Kier alpha value is -3.36. The van der Waals surface area contributed by atoms with Gasteiger partial charge in [-0.2, -0.15) is 18.2 Å². The Kier molecular flexibility index (Phi) is 4.97. The number of alkyl halides is 3. The normalized spacial score (nSPS) is 18.9. The summed E-state index contributed by atoms with van der Waals surface area (Å²) in [5.74, 6) is -0.403. The largest absolute Gasteiger partial charge is 0.416 e. The highest BCUT2D eigenvalue weighted by atomic mass is 19.4. The third-order valence-electron chi connectivity index (χ3n) is 5.30. The quantitative estimate of drug-likeness (QED) is 0.692. The van der Waals surface area contributed by atoms with Crippen molar-refractivity contribution in [3.05, 3.63) is 65.5 Å². The highest BCUT2D eigenvalue weighted by Crippen LogP contribution is 2.39. The minimum absolute atomic E-state index is 0.0266. The Morgan fingerprint density at radius 2 is 2.00 bits per heavy atom. The highest BCUT2D eigenvalue weighted by molar-refractivity contribution is 5.85. The van der Waals surface area contributed by atoms with E-state index < -0.39 is 11.7 Å². The minimum atomic E-state index is -4.45. The van der Waals surface area contributed by atoms with E-state index >= 15 is 0 Å². The fourth-order valence-electron chi connectivity index (χ4n) is 3.80. The van der Waals surface area contributed by atoms with E-state index in [1.807, 2.05) is 36.1 Å². The maximum absolute atomic E-state index is 13.0. The predicted octanol–water partition coefficient (Wildman–Crippen LogP) is 4.12. The van der Waals surface area contributed by atoms with Crippen LogP contribution >= 0.6 is 0 Å². The number of halogens is 3. The van der Waals surface area contributed by atoms with Crippen LogP contribution in [-0.4, -0.2) is 22.1 Å². The zero-order valence-corrected chi connectivity index (χ0v) is 16.1. The summed E-state index contributed by atoms with van der Waals surface area (Å²) in [6.45, 7) is 2.23. The van der Waals surface area contributed by atoms with Crippen molar-refractivity contribution in [2.24, 2.45) is 5.73 Å². The number of rotatable bonds is 4. The van der Waals surface area contributed by atoms with Gasteiger partial charge in [0.15, 0.2) is 0 Å². The Bertz CT molecular complexity index is 1080. The molecular weight excluding hydrogens is 397 g/mol. The van der Waals surface area contributed by atoms with Crippen LogP contribution in [0.2, 0.25) is 0 Å². The maximum Gasteiger partial charge on any atom is 0.416 e. The van der Waals surface area contributed by atoms with Crippen LogP contribution in [0.1, 0.15) is 36.3 Å². The standard InChI is InChI=1S/C21H19F3N4O2/c1-12-9-16(19(25)29)15-7-2-3-8-17(15)28(12)11-18-26-20(27-30-18)13-5-4-6-14(10-13)21(22,23)24/h2-8,10,12,16H,9,11H2,1H3,(H2,25,29). The Morgan fingerprint density at radius 3 is 2.73 bits per heavy atom. The molecule has 0 spiro atoms. The number of anilines is 1. The van der Waals surface area contributed by atoms with E-state index in [-0.39, 0.29) is 41.7 Å². The molecule has 30 heavy (non-hydrogen) atoms. The van der Waals surface area contributed by atoms with E-state index in [0.29, 0.717) is 6.42 Å². The third-order valence-corrected chi connectivity index (χ3v) is 5.30. The fraction of sp³-hybridized carbons (Fsp3) is 0.286. The molecule has 156 valence electrons. The summed E-state index contributed by atoms with van der Waals surface area (Å²) in [4.78, 5) is 18.2. The van der Waals surface area contributed by atoms with Gasteiger partial charge in [-0.05, 0) is 37.1 Å². The lowest BCUT2D eigenvalue weighted by atomic mass is 9.85. The number of carbonyl (C=O) groups excluding carboxylic acids is 1. The number of hydrogen-bond acceptors (Lipinski definition) is 5. The van der Waals surface area contributed by atoms with Gasteiger partial charge in [0.2, 0.25) is 17.6 Å². The van der Waals surface area contributed by atoms with E-state index in [9.17, 15) is 18.0 Å². The van der Waals surface area contributed by atoms with Crippen LogP contribution in [0, 0.1) is 0 Å². The zero-order valence-electron chi connectivity index (χ0n) is 16.1. The molecule has 1 aromatic heterocycles. The Morgan fingerprint density at radius 1 is 1.23 bits per heavy atom. The van der Waals surface area contributed by atoms with Crippen molar-refractivity contribution < 1.29 is 22.5 Å². The summed E-state index contributed by atoms with van der Waals surface area (Å²) in [5.41, 5.74) is 6.70. The van der Waals surface area contributed by atoms with Gasteiger partial charge in [-0.1, -0.05) is 35.5 Å². The first-order valence-corrected chi connectivity index (χ1v) is 9.39. The molecule has 0 saturated heterocycles. The molecule has 1 aliphatic heterocycles. The monoisotopic (exact) mass is 416 g/mol. The minimum Gasteiger partial charge on any atom is -0.369 e. The van der Waals surface area contributed by atoms with Gasteiger partial charge in [-0.25, -0.2) is 0 Å². The van der Waals surface area contributed by atoms with Crippen molar-refractivity contribution >= 4 is 11.6 Å². The molecule has 0 aliphatic carbocycles. The second kappa shape index (κ2) is 7.47. The lowest BCUT2D eigenvalue weighted by Gasteiger charge is -2.39. The number of hydrogen-bond donors (Lipinski definition) is 1. The first-order chi connectivity index (χ1) is 14.2. The van der Waals surface area contributed by atoms with Gasteiger partial charge in [0.05, 0.1) is 18.0 Å². The number of aromatic nitrogens is 2. The van der Waals surface area contributed by atoms with E-state index in [1.165, 1.54) is 12.1 Å². The first-order valence-electron chi connectivity index (χ1n) is 9.39. The highest BCUT2D eigenvalue weighted by Gasteiger charge is 2.34. The SMILES string of the molecule is CC1CC(C(N)=O)c2ccccc2N1Cc1nc(-c2cccc(C(F)(F)F)c2)no1. The van der Waals surface area contributed by atoms with Crippen LogP contribution in [0.25, 0.3) is 11.4 Å². The van der Waals surface area contributed by atoms with Crippen LogP contribution in [0.15, 0.2) is 53.1 Å². The molecule has 3 aromatic rings. The van der Waals surface area contributed by atoms with Crippen molar-refractivity contribution in [2.45, 2.75) is 38.0 Å². The van der Waals surface area contributed by atoms with E-state index in [0.717, 1.165) is 23.4 Å². The van der Waals surface area contributed by atoms with Gasteiger partial charge in [-0.15, -0.1) is 0 Å². The molecule has 6 nitrogen and oxygen atoms in total. The first kappa shape index (κ1) is 19.9. The number of amides is 1. The maximum atomic E-state index is 13.0. The molecule has 2 heterocycles. The molecule has 4 rings (SSSR count). The van der Waals surface area contributed by atoms with Gasteiger partial charge in [0.1, 0.15) is 0 Å². The smallest absolute Gasteiger partial charge is 0.369 e. The summed E-state index contributed by atoms with van der Waals surface area (Å²) in [5, 5.41) is 3.85. The molecule has 0 saturated carbocycles. The average Bonchev–Trinajstić information content (AvgIpc) is 3.18. The lowest BCUT2D eigenvalue weighted by molar-refractivity contribution is -0.137. The zero-order chi connectivity index (χ0) is 21.5. The Balaban J connectivity index is 1.61. The van der Waals surface area contributed by atoms with E-state index in [4.69, 9.17) is 10.3 Å². The number of benzene rings is 2. The van der Waals surface area contributed by atoms with Crippen LogP contribution in [0.4, 0.5) is 18.9 Å². The van der Waals surface area contributed by atoms with Crippen molar-refractivity contribution in [3.8, 4) is 11.4 Å². The molecule has 1 amide bonds. The number of fused-ring (bicyclic) bond motifs is 1. The fourth-order valence-corrected chi connectivity index (χ4v) is 3.80. The number of primary amides is 1. The van der Waals surface area contributed by atoms with Gasteiger partial charge in [0.25, 0.3) is 0 Å². The molecule has 2 atom stereocenters. The second-order valence-corrected chi connectivity index (χ2v) is 7.32. The lowest BCUT2D eigenvalue weighted by Crippen LogP contribution is -2.41. The van der Waals surface area contributed by atoms with Crippen molar-refractivity contribution in [1.29, 1.82) is 0 Å². The van der Waals surface area contributed by atoms with Gasteiger partial charge in [0, 0.05) is 17.3 Å². The number of nitrogens with two attached hydrogens (primary N) is 1. The van der Waals surface area contributed by atoms with Gasteiger partial charge >= 0.3 is 6.18 Å². The van der Waals surface area contributed by atoms with E-state index in [1.54, 1.807) is 0 Å².